The first-order valence-electron chi connectivity index (χ1n) is 10.0. The number of hydrogen-bond donors (Lipinski definition) is 1. The number of imide groups is 2. The predicted octanol–water partition coefficient (Wildman–Crippen LogP) is 4.41. The number of amides is 4. The molecule has 0 radical (unpaired) electrons. The number of urea groups is 1. The maximum atomic E-state index is 13.8. The normalized spacial score (nSPS) is 18.6. The number of barbiturate groups is 1. The average Bonchev–Trinajstić information content (AvgIpc) is 3.26. The number of carbonyl (C=O) groups is 3. The number of rotatable bonds is 5. The van der Waals surface area contributed by atoms with Crippen LogP contribution in [0.25, 0.3) is 6.08 Å². The molecule has 4 amide bonds. The zero-order valence-electron chi connectivity index (χ0n) is 16.6. The van der Waals surface area contributed by atoms with Crippen molar-refractivity contribution in [2.24, 2.45) is 0 Å². The summed E-state index contributed by atoms with van der Waals surface area (Å²) in [5, 5.41) is 2.27. The Kier molecular flexibility index (Phi) is 6.35. The van der Waals surface area contributed by atoms with Crippen molar-refractivity contribution in [1.82, 2.24) is 10.2 Å². The largest absolute Gasteiger partial charge is 0.488 e. The second-order valence-corrected chi connectivity index (χ2v) is 8.66. The molecule has 1 N–H and O–H groups in total. The van der Waals surface area contributed by atoms with Crippen LogP contribution in [0.2, 0.25) is 0 Å². The number of nitrogens with zero attached hydrogens (tertiary/aromatic N) is 1. The van der Waals surface area contributed by atoms with E-state index in [1.807, 2.05) is 0 Å². The monoisotopic (exact) mass is 534 g/mol. The fraction of sp³-hybridized carbons (Fsp3) is 0.261. The summed E-state index contributed by atoms with van der Waals surface area (Å²) in [6, 6.07) is 10.8. The third-order valence-corrected chi connectivity index (χ3v) is 6.27. The molecular formula is C23H20FIN2O4. The second-order valence-electron chi connectivity index (χ2n) is 7.50. The first kappa shape index (κ1) is 21.5. The lowest BCUT2D eigenvalue weighted by Crippen LogP contribution is -2.57. The van der Waals surface area contributed by atoms with Crippen LogP contribution in [0.1, 0.15) is 36.8 Å². The van der Waals surface area contributed by atoms with Crippen LogP contribution in [-0.2, 0) is 16.2 Å². The van der Waals surface area contributed by atoms with Gasteiger partial charge in [0, 0.05) is 11.6 Å². The zero-order valence-corrected chi connectivity index (χ0v) is 18.7. The maximum Gasteiger partial charge on any atom is 0.331 e. The second kappa shape index (κ2) is 9.17. The smallest absolute Gasteiger partial charge is 0.331 e. The summed E-state index contributed by atoms with van der Waals surface area (Å²) in [5.74, 6) is -1.02. The van der Waals surface area contributed by atoms with Crippen molar-refractivity contribution < 1.29 is 23.5 Å². The average molecular weight is 534 g/mol. The highest BCUT2D eigenvalue weighted by Gasteiger charge is 2.40. The summed E-state index contributed by atoms with van der Waals surface area (Å²) in [5.41, 5.74) is 1.01. The maximum absolute atomic E-state index is 13.8. The highest BCUT2D eigenvalue weighted by molar-refractivity contribution is 14.1. The lowest BCUT2D eigenvalue weighted by Gasteiger charge is -2.31. The van der Waals surface area contributed by atoms with E-state index in [-0.39, 0.29) is 24.0 Å². The lowest BCUT2D eigenvalue weighted by atomic mass is 10.1. The Balaban J connectivity index is 1.53. The van der Waals surface area contributed by atoms with Crippen molar-refractivity contribution in [1.29, 1.82) is 0 Å². The van der Waals surface area contributed by atoms with Crippen molar-refractivity contribution in [3.8, 4) is 5.75 Å². The van der Waals surface area contributed by atoms with Crippen LogP contribution in [0.3, 0.4) is 0 Å². The summed E-state index contributed by atoms with van der Waals surface area (Å²) < 4.78 is 20.2. The Hall–Kier alpha value is -2.75. The molecule has 0 atom stereocenters. The molecule has 160 valence electrons. The number of halogens is 2. The zero-order chi connectivity index (χ0) is 22.0. The predicted molar refractivity (Wildman–Crippen MR) is 121 cm³/mol. The van der Waals surface area contributed by atoms with Gasteiger partial charge >= 0.3 is 6.03 Å². The third kappa shape index (κ3) is 4.63. The summed E-state index contributed by atoms with van der Waals surface area (Å²) in [6.07, 6.45) is 4.91. The fourth-order valence-corrected chi connectivity index (χ4v) is 4.52. The molecule has 0 aromatic heterocycles. The SMILES string of the molecule is O=C1NC(=O)N(C2CCCC2)C(=O)/C1=C/c1ccc(OCc2ccccc2F)c(I)c1. The van der Waals surface area contributed by atoms with Gasteiger partial charge in [-0.3, -0.25) is 19.8 Å². The lowest BCUT2D eigenvalue weighted by molar-refractivity contribution is -0.131. The molecular weight excluding hydrogens is 514 g/mol. The number of nitrogens with one attached hydrogen (secondary N) is 1. The molecule has 2 fully saturated rings. The van der Waals surface area contributed by atoms with E-state index in [0.29, 0.717) is 16.9 Å². The van der Waals surface area contributed by atoms with Crippen LogP contribution in [0, 0.1) is 9.39 Å². The Morgan fingerprint density at radius 3 is 2.58 bits per heavy atom. The molecule has 8 heteroatoms. The van der Waals surface area contributed by atoms with Crippen molar-refractivity contribution in [2.45, 2.75) is 38.3 Å². The minimum Gasteiger partial charge on any atom is -0.488 e. The molecule has 1 saturated heterocycles. The van der Waals surface area contributed by atoms with Gasteiger partial charge in [0.05, 0.1) is 3.57 Å². The Morgan fingerprint density at radius 1 is 1.13 bits per heavy atom. The van der Waals surface area contributed by atoms with E-state index < -0.39 is 17.8 Å². The van der Waals surface area contributed by atoms with Gasteiger partial charge in [-0.25, -0.2) is 9.18 Å². The molecule has 0 unspecified atom stereocenters. The van der Waals surface area contributed by atoms with Crippen LogP contribution in [0.4, 0.5) is 9.18 Å². The molecule has 31 heavy (non-hydrogen) atoms. The van der Waals surface area contributed by atoms with Crippen LogP contribution in [0.5, 0.6) is 5.75 Å². The number of hydrogen-bond acceptors (Lipinski definition) is 4. The Bertz CT molecular complexity index is 1080. The van der Waals surface area contributed by atoms with Gasteiger partial charge in [0.2, 0.25) is 0 Å². The summed E-state index contributed by atoms with van der Waals surface area (Å²) in [4.78, 5) is 38.6. The Morgan fingerprint density at radius 2 is 1.87 bits per heavy atom. The first-order chi connectivity index (χ1) is 14.9. The molecule has 2 aromatic rings. The van der Waals surface area contributed by atoms with Gasteiger partial charge in [0.25, 0.3) is 11.8 Å². The molecule has 4 rings (SSSR count). The Labute approximate surface area is 192 Å². The number of ether oxygens (including phenoxy) is 1. The van der Waals surface area contributed by atoms with Crippen molar-refractivity contribution in [3.05, 3.63) is 68.6 Å². The molecule has 0 spiro atoms. The molecule has 6 nitrogen and oxygen atoms in total. The topological polar surface area (TPSA) is 75.7 Å². The van der Waals surface area contributed by atoms with Gasteiger partial charge in [-0.2, -0.15) is 0 Å². The van der Waals surface area contributed by atoms with Crippen LogP contribution in [0.15, 0.2) is 48.0 Å². The molecule has 1 heterocycles. The highest BCUT2D eigenvalue weighted by Crippen LogP contribution is 2.28. The minimum absolute atomic E-state index is 0.0673. The third-order valence-electron chi connectivity index (χ3n) is 5.43. The van der Waals surface area contributed by atoms with Gasteiger partial charge in [0.15, 0.2) is 0 Å². The summed E-state index contributed by atoms with van der Waals surface area (Å²) in [7, 11) is 0. The van der Waals surface area contributed by atoms with Crippen LogP contribution < -0.4 is 10.1 Å². The molecule has 2 aliphatic rings. The standard InChI is InChI=1S/C23H20FIN2O4/c24-18-8-4-1-5-15(18)13-31-20-10-9-14(12-19(20)25)11-17-21(28)26-23(30)27(22(17)29)16-6-2-3-7-16/h1,4-5,8-12,16H,2-3,6-7,13H2,(H,26,28,30)/b17-11+. The van der Waals surface area contributed by atoms with Gasteiger partial charge in [-0.1, -0.05) is 37.1 Å². The highest BCUT2D eigenvalue weighted by atomic mass is 127. The van der Waals surface area contributed by atoms with E-state index in [2.05, 4.69) is 27.9 Å². The first-order valence-corrected chi connectivity index (χ1v) is 11.1. The molecule has 1 saturated carbocycles. The summed E-state index contributed by atoms with van der Waals surface area (Å²) >= 11 is 2.08. The molecule has 2 aromatic carbocycles. The molecule has 0 bridgehead atoms. The van der Waals surface area contributed by atoms with Crippen LogP contribution >= 0.6 is 22.6 Å². The van der Waals surface area contributed by atoms with E-state index >= 15 is 0 Å². The fourth-order valence-electron chi connectivity index (χ4n) is 3.83. The van der Waals surface area contributed by atoms with Gasteiger partial charge in [0.1, 0.15) is 23.7 Å². The van der Waals surface area contributed by atoms with Crippen molar-refractivity contribution in [2.75, 3.05) is 0 Å². The van der Waals surface area contributed by atoms with Gasteiger partial charge in [-0.05, 0) is 65.3 Å². The van der Waals surface area contributed by atoms with Crippen LogP contribution in [-0.4, -0.2) is 28.8 Å². The van der Waals surface area contributed by atoms with Crippen molar-refractivity contribution >= 4 is 46.5 Å². The van der Waals surface area contributed by atoms with E-state index in [1.54, 1.807) is 36.4 Å². The van der Waals surface area contributed by atoms with Crippen molar-refractivity contribution in [3.63, 3.8) is 0 Å². The quantitative estimate of drug-likeness (QED) is 0.351. The molecule has 1 aliphatic heterocycles. The summed E-state index contributed by atoms with van der Waals surface area (Å²) in [6.45, 7) is 0.0858. The minimum atomic E-state index is -0.695. The number of carbonyl (C=O) groups excluding carboxylic acids is 3. The van der Waals surface area contributed by atoms with E-state index in [1.165, 1.54) is 17.0 Å². The van der Waals surface area contributed by atoms with E-state index in [4.69, 9.17) is 4.74 Å². The number of benzene rings is 2. The van der Waals surface area contributed by atoms with E-state index in [9.17, 15) is 18.8 Å². The van der Waals surface area contributed by atoms with Gasteiger partial charge in [-0.15, -0.1) is 0 Å². The molecule has 1 aliphatic carbocycles. The van der Waals surface area contributed by atoms with Gasteiger partial charge < -0.3 is 4.74 Å². The van der Waals surface area contributed by atoms with E-state index in [0.717, 1.165) is 29.3 Å².